The Morgan fingerprint density at radius 2 is 1.19 bits per heavy atom. The zero-order chi connectivity index (χ0) is 38.3. The maximum Gasteiger partial charge on any atom is 1.00 e. The molecule has 0 saturated heterocycles. The van der Waals surface area contributed by atoms with Crippen LogP contribution in [0.2, 0.25) is 0 Å². The van der Waals surface area contributed by atoms with Crippen molar-refractivity contribution in [3.8, 4) is 0 Å². The molecule has 0 amide bonds. The van der Waals surface area contributed by atoms with Crippen LogP contribution in [0.1, 0.15) is 55.5 Å². The number of nitrogens with zero attached hydrogens (tertiary/aromatic N) is 3. The molecule has 9 nitrogen and oxygen atoms in total. The smallest absolute Gasteiger partial charge is 0.744 e. The van der Waals surface area contributed by atoms with Crippen LogP contribution < -0.4 is 39.4 Å². The number of hydrogen-bond acceptors (Lipinski definition) is 8. The van der Waals surface area contributed by atoms with Crippen LogP contribution in [0.3, 0.4) is 0 Å². The van der Waals surface area contributed by atoms with E-state index >= 15 is 0 Å². The molecule has 0 bridgehead atoms. The van der Waals surface area contributed by atoms with Gasteiger partial charge in [-0.3, -0.25) is 0 Å². The van der Waals surface area contributed by atoms with Crippen molar-refractivity contribution in [1.29, 1.82) is 0 Å². The van der Waals surface area contributed by atoms with Gasteiger partial charge >= 0.3 is 29.6 Å². The minimum atomic E-state index is -4.55. The van der Waals surface area contributed by atoms with Gasteiger partial charge in [-0.25, -0.2) is 21.4 Å². The summed E-state index contributed by atoms with van der Waals surface area (Å²) in [6, 6.07) is 27.3. The van der Waals surface area contributed by atoms with E-state index in [-0.39, 0.29) is 39.3 Å². The molecular formula is C42H46N3NaO6S2. The van der Waals surface area contributed by atoms with Gasteiger partial charge in [0.25, 0.3) is 0 Å². The molecule has 0 N–H and O–H groups in total. The summed E-state index contributed by atoms with van der Waals surface area (Å²) < 4.78 is 71.9. The summed E-state index contributed by atoms with van der Waals surface area (Å²) in [7, 11) is -9.10. The summed E-state index contributed by atoms with van der Waals surface area (Å²) >= 11 is 0. The van der Waals surface area contributed by atoms with Crippen LogP contribution in [-0.4, -0.2) is 62.4 Å². The van der Waals surface area contributed by atoms with E-state index in [0.717, 1.165) is 63.5 Å². The van der Waals surface area contributed by atoms with Gasteiger partial charge in [0.15, 0.2) is 12.3 Å². The van der Waals surface area contributed by atoms with Crippen LogP contribution >= 0.6 is 0 Å². The van der Waals surface area contributed by atoms with Crippen molar-refractivity contribution < 1.29 is 60.1 Å². The van der Waals surface area contributed by atoms with Gasteiger partial charge in [0, 0.05) is 55.3 Å². The SMILES string of the molecule is CCN(CC)c1ccc(C(=C2C=CC(=[N+](CC)Cc3cccc(S(=O)(=O)[O-])c3)C=C2)c2ccc(N(CC)Cc3cccc(S(=O)(=O)[O-])c3)cc2)c(C)c1.[Na+]. The summed E-state index contributed by atoms with van der Waals surface area (Å²) in [5.41, 5.74) is 9.92. The molecule has 0 heterocycles. The van der Waals surface area contributed by atoms with Gasteiger partial charge < -0.3 is 18.9 Å². The fourth-order valence-corrected chi connectivity index (χ4v) is 7.76. The first-order valence-corrected chi connectivity index (χ1v) is 20.6. The molecule has 5 rings (SSSR count). The Kier molecular flexibility index (Phi) is 14.9. The number of hydrogen-bond donors (Lipinski definition) is 0. The van der Waals surface area contributed by atoms with E-state index in [0.29, 0.717) is 26.2 Å². The Hall–Kier alpha value is -3.81. The molecule has 1 aliphatic carbocycles. The molecule has 0 radical (unpaired) electrons. The van der Waals surface area contributed by atoms with Crippen LogP contribution in [0.5, 0.6) is 0 Å². The van der Waals surface area contributed by atoms with Crippen molar-refractivity contribution in [3.63, 3.8) is 0 Å². The Labute approximate surface area is 342 Å². The van der Waals surface area contributed by atoms with Crippen LogP contribution in [-0.2, 0) is 33.3 Å². The molecule has 4 aromatic carbocycles. The van der Waals surface area contributed by atoms with E-state index in [1.807, 2.05) is 26.0 Å². The molecule has 0 aliphatic heterocycles. The third-order valence-electron chi connectivity index (χ3n) is 9.53. The quantitative estimate of drug-likeness (QED) is 0.106. The largest absolute Gasteiger partial charge is 1.00 e. The third-order valence-corrected chi connectivity index (χ3v) is 11.2. The normalized spacial score (nSPS) is 12.7. The molecule has 0 aromatic heterocycles. The predicted molar refractivity (Wildman–Crippen MR) is 211 cm³/mol. The number of aryl methyl sites for hydroxylation is 1. The minimum Gasteiger partial charge on any atom is -0.744 e. The summed E-state index contributed by atoms with van der Waals surface area (Å²) in [6.07, 6.45) is 8.34. The van der Waals surface area contributed by atoms with Crippen molar-refractivity contribution in [2.75, 3.05) is 36.0 Å². The Morgan fingerprint density at radius 3 is 1.70 bits per heavy atom. The maximum absolute atomic E-state index is 11.6. The maximum atomic E-state index is 11.6. The average molecular weight is 776 g/mol. The average Bonchev–Trinajstić information content (AvgIpc) is 3.14. The molecule has 0 fully saturated rings. The molecular weight excluding hydrogens is 730 g/mol. The summed E-state index contributed by atoms with van der Waals surface area (Å²) in [4.78, 5) is 3.98. The predicted octanol–water partition coefficient (Wildman–Crippen LogP) is 4.28. The van der Waals surface area contributed by atoms with E-state index in [1.54, 1.807) is 12.1 Å². The second-order valence-electron chi connectivity index (χ2n) is 12.9. The molecule has 1 aliphatic rings. The van der Waals surface area contributed by atoms with Crippen LogP contribution in [0.4, 0.5) is 11.4 Å². The van der Waals surface area contributed by atoms with Gasteiger partial charge in [-0.05, 0) is 129 Å². The molecule has 4 aromatic rings. The summed E-state index contributed by atoms with van der Waals surface area (Å²) in [5, 5.41) is 0. The van der Waals surface area contributed by atoms with Gasteiger partial charge in [-0.1, -0.05) is 42.5 Å². The van der Waals surface area contributed by atoms with Crippen molar-refractivity contribution >= 4 is 42.9 Å². The van der Waals surface area contributed by atoms with E-state index in [2.05, 4.69) is 102 Å². The van der Waals surface area contributed by atoms with Crippen molar-refractivity contribution in [2.45, 2.75) is 57.5 Å². The van der Waals surface area contributed by atoms with Gasteiger partial charge in [0.2, 0.25) is 0 Å². The van der Waals surface area contributed by atoms with Gasteiger partial charge in [0.05, 0.1) is 9.79 Å². The van der Waals surface area contributed by atoms with Crippen molar-refractivity contribution in [2.24, 2.45) is 0 Å². The molecule has 278 valence electrons. The summed E-state index contributed by atoms with van der Waals surface area (Å²) in [5.74, 6) is 0. The fraction of sp³-hybridized carbons (Fsp3) is 0.262. The van der Waals surface area contributed by atoms with Crippen LogP contribution in [0.25, 0.3) is 5.57 Å². The second-order valence-corrected chi connectivity index (χ2v) is 15.6. The second kappa shape index (κ2) is 18.7. The molecule has 0 unspecified atom stereocenters. The Bertz CT molecular complexity index is 2290. The number of anilines is 2. The molecule has 12 heteroatoms. The third kappa shape index (κ3) is 10.5. The molecule has 0 saturated carbocycles. The molecule has 0 atom stereocenters. The van der Waals surface area contributed by atoms with Crippen LogP contribution in [0, 0.1) is 6.92 Å². The van der Waals surface area contributed by atoms with E-state index in [9.17, 15) is 25.9 Å². The monoisotopic (exact) mass is 775 g/mol. The molecule has 0 spiro atoms. The first-order valence-electron chi connectivity index (χ1n) is 17.8. The number of rotatable bonds is 14. The van der Waals surface area contributed by atoms with E-state index < -0.39 is 20.2 Å². The van der Waals surface area contributed by atoms with Gasteiger partial charge in [0.1, 0.15) is 26.8 Å². The minimum absolute atomic E-state index is 0. The standard InChI is InChI=1S/C42H47N3O6S2.Na/c1-6-43(7-2)38-24-25-41(31(5)26-38)42(34-16-20-36(21-17-34)44(8-3)29-32-12-10-14-39(27-32)52(46,47)48)35-18-22-37(23-19-35)45(9-4)30-33-13-11-15-40(28-33)53(49,50)51;/h10-28H,6-9,29-30H2,1-5H3,(H-,46,47,48,49,50,51);/q;+1/p-1. The van der Waals surface area contributed by atoms with Gasteiger partial charge in [-0.15, -0.1) is 0 Å². The van der Waals surface area contributed by atoms with Crippen molar-refractivity contribution in [3.05, 3.63) is 149 Å². The zero-order valence-corrected chi connectivity index (χ0v) is 35.5. The first-order chi connectivity index (χ1) is 25.2. The van der Waals surface area contributed by atoms with E-state index in [1.165, 1.54) is 30.0 Å². The topological polar surface area (TPSA) is 124 Å². The van der Waals surface area contributed by atoms with Gasteiger partial charge in [-0.2, -0.15) is 0 Å². The first kappa shape index (κ1) is 42.9. The number of benzene rings is 4. The van der Waals surface area contributed by atoms with Crippen molar-refractivity contribution in [1.82, 2.24) is 0 Å². The fourth-order valence-electron chi connectivity index (χ4n) is 6.68. The van der Waals surface area contributed by atoms with E-state index in [4.69, 9.17) is 0 Å². The Morgan fingerprint density at radius 1 is 0.648 bits per heavy atom. The number of allylic oxidation sites excluding steroid dienone is 5. The Balaban J connectivity index is 0.00000650. The molecule has 54 heavy (non-hydrogen) atoms. The zero-order valence-electron chi connectivity index (χ0n) is 31.8. The van der Waals surface area contributed by atoms with Crippen LogP contribution in [0.15, 0.2) is 131 Å². The summed E-state index contributed by atoms with van der Waals surface area (Å²) in [6.45, 7) is 14.5.